The molecule has 0 aromatic heterocycles. The summed E-state index contributed by atoms with van der Waals surface area (Å²) in [6.07, 6.45) is -0.0816. The van der Waals surface area contributed by atoms with Crippen LogP contribution in [0.1, 0.15) is 11.6 Å². The van der Waals surface area contributed by atoms with Crippen molar-refractivity contribution in [3.8, 4) is 0 Å². The third kappa shape index (κ3) is 7.82. The number of carbonyl (C=O) groups is 2. The van der Waals surface area contributed by atoms with Gasteiger partial charge in [-0.2, -0.15) is 0 Å². The van der Waals surface area contributed by atoms with Crippen molar-refractivity contribution in [3.05, 3.63) is 35.9 Å². The quantitative estimate of drug-likeness (QED) is 0.551. The highest BCUT2D eigenvalue weighted by Crippen LogP contribution is 2.34. The van der Waals surface area contributed by atoms with E-state index in [0.717, 1.165) is 5.56 Å². The molecule has 2 atom stereocenters. The number of amides is 2. The van der Waals surface area contributed by atoms with Crippen LogP contribution in [0.4, 0.5) is 0 Å². The Morgan fingerprint density at radius 2 is 1.80 bits per heavy atom. The summed E-state index contributed by atoms with van der Waals surface area (Å²) in [5, 5.41) is 14.8. The number of hydrogen-bond acceptors (Lipinski definition) is 5. The summed E-state index contributed by atoms with van der Waals surface area (Å²) in [5.41, 5.74) is 0.854. The molecule has 0 fully saturated rings. The van der Waals surface area contributed by atoms with Crippen LogP contribution in [0.3, 0.4) is 0 Å². The van der Waals surface area contributed by atoms with Crippen molar-refractivity contribution in [2.24, 2.45) is 0 Å². The first-order chi connectivity index (χ1) is 11.6. The van der Waals surface area contributed by atoms with E-state index in [1.54, 1.807) is 4.90 Å². The summed E-state index contributed by atoms with van der Waals surface area (Å²) in [6, 6.07) is 8.26. The molecule has 0 radical (unpaired) electrons. The highest BCUT2D eigenvalue weighted by atomic mass is 31.2. The van der Waals surface area contributed by atoms with Crippen LogP contribution >= 0.6 is 7.14 Å². The molecule has 3 N–H and O–H groups in total. The minimum absolute atomic E-state index is 0.0816. The van der Waals surface area contributed by atoms with E-state index in [1.165, 1.54) is 13.3 Å². The van der Waals surface area contributed by atoms with Gasteiger partial charge in [0.15, 0.2) is 0 Å². The number of aliphatic hydroxyl groups excluding tert-OH is 1. The second-order valence-electron chi connectivity index (χ2n) is 6.70. The Bertz CT molecular complexity index is 616. The summed E-state index contributed by atoms with van der Waals surface area (Å²) in [5.74, 6) is -0.616. The summed E-state index contributed by atoms with van der Waals surface area (Å²) < 4.78 is 11.7. The van der Waals surface area contributed by atoms with Gasteiger partial charge in [-0.15, -0.1) is 0 Å². The predicted octanol–water partition coefficient (Wildman–Crippen LogP) is 0.505. The molecule has 7 nitrogen and oxygen atoms in total. The molecule has 0 heterocycles. The van der Waals surface area contributed by atoms with E-state index >= 15 is 0 Å². The zero-order valence-corrected chi connectivity index (χ0v) is 16.1. The highest BCUT2D eigenvalue weighted by Gasteiger charge is 2.24. The average molecular weight is 369 g/mol. The normalized spacial score (nSPS) is 14.0. The molecule has 0 bridgehead atoms. The fourth-order valence-corrected chi connectivity index (χ4v) is 3.20. The van der Waals surface area contributed by atoms with Gasteiger partial charge in [-0.1, -0.05) is 30.3 Å². The molecule has 0 saturated heterocycles. The van der Waals surface area contributed by atoms with Gasteiger partial charge >= 0.3 is 0 Å². The standard InChI is InChI=1S/C17H28N3O4P/c1-20(2)16(13-8-6-5-7-9-13)17(23)18-10-14(11-21)19-15(22)12-25(3,4)24/h5-9,14,16,21H,10-12H2,1-4H3,(H,18,23)(H,19,22). The van der Waals surface area contributed by atoms with Crippen LogP contribution in [0.5, 0.6) is 0 Å². The van der Waals surface area contributed by atoms with Crippen molar-refractivity contribution in [3.63, 3.8) is 0 Å². The van der Waals surface area contributed by atoms with Gasteiger partial charge in [0.25, 0.3) is 0 Å². The molecule has 0 spiro atoms. The first kappa shape index (κ1) is 21.4. The Morgan fingerprint density at radius 1 is 1.20 bits per heavy atom. The number of aliphatic hydroxyl groups is 1. The van der Waals surface area contributed by atoms with E-state index in [4.69, 9.17) is 0 Å². The third-order valence-electron chi connectivity index (χ3n) is 3.51. The van der Waals surface area contributed by atoms with Crippen LogP contribution in [0.15, 0.2) is 30.3 Å². The Morgan fingerprint density at radius 3 is 2.28 bits per heavy atom. The fourth-order valence-electron chi connectivity index (χ4n) is 2.42. The van der Waals surface area contributed by atoms with E-state index in [-0.39, 0.29) is 25.2 Å². The lowest BCUT2D eigenvalue weighted by atomic mass is 10.1. The van der Waals surface area contributed by atoms with Crippen molar-refractivity contribution < 1.29 is 19.3 Å². The van der Waals surface area contributed by atoms with Gasteiger partial charge in [-0.05, 0) is 33.0 Å². The van der Waals surface area contributed by atoms with E-state index in [2.05, 4.69) is 10.6 Å². The van der Waals surface area contributed by atoms with Crippen molar-refractivity contribution in [1.29, 1.82) is 0 Å². The third-order valence-corrected chi connectivity index (χ3v) is 4.56. The molecule has 0 saturated carbocycles. The maximum atomic E-state index is 12.5. The molecule has 8 heteroatoms. The van der Waals surface area contributed by atoms with Crippen LogP contribution in [0, 0.1) is 0 Å². The number of likely N-dealkylation sites (N-methyl/N-ethyl adjacent to an activating group) is 1. The molecular weight excluding hydrogens is 341 g/mol. The lowest BCUT2D eigenvalue weighted by molar-refractivity contribution is -0.126. The van der Waals surface area contributed by atoms with Gasteiger partial charge in [0.05, 0.1) is 26.0 Å². The zero-order chi connectivity index (χ0) is 19.0. The largest absolute Gasteiger partial charge is 0.394 e. The highest BCUT2D eigenvalue weighted by molar-refractivity contribution is 7.63. The number of rotatable bonds is 9. The molecule has 140 valence electrons. The minimum Gasteiger partial charge on any atom is -0.394 e. The molecular formula is C17H28N3O4P. The van der Waals surface area contributed by atoms with Crippen LogP contribution in [-0.2, 0) is 14.2 Å². The number of nitrogens with zero attached hydrogens (tertiary/aromatic N) is 1. The summed E-state index contributed by atoms with van der Waals surface area (Å²) in [6.45, 7) is 2.84. The minimum atomic E-state index is -2.48. The lowest BCUT2D eigenvalue weighted by Crippen LogP contribution is -2.48. The second-order valence-corrected chi connectivity index (χ2v) is 10.2. The van der Waals surface area contributed by atoms with E-state index < -0.39 is 25.1 Å². The molecule has 0 aliphatic rings. The van der Waals surface area contributed by atoms with Crippen molar-refractivity contribution in [2.75, 3.05) is 46.7 Å². The molecule has 25 heavy (non-hydrogen) atoms. The summed E-state index contributed by atoms with van der Waals surface area (Å²) in [7, 11) is 1.13. The van der Waals surface area contributed by atoms with Gasteiger partial charge < -0.3 is 20.3 Å². The summed E-state index contributed by atoms with van der Waals surface area (Å²) in [4.78, 5) is 26.1. The molecule has 0 aliphatic heterocycles. The van der Waals surface area contributed by atoms with E-state index in [0.29, 0.717) is 0 Å². The molecule has 0 aliphatic carbocycles. The maximum absolute atomic E-state index is 12.5. The van der Waals surface area contributed by atoms with Crippen molar-refractivity contribution in [2.45, 2.75) is 12.1 Å². The van der Waals surface area contributed by atoms with Gasteiger partial charge in [0, 0.05) is 6.54 Å². The Labute approximate surface area is 149 Å². The maximum Gasteiger partial charge on any atom is 0.242 e. The second kappa shape index (κ2) is 9.70. The monoisotopic (exact) mass is 369 g/mol. The topological polar surface area (TPSA) is 98.7 Å². The van der Waals surface area contributed by atoms with Crippen LogP contribution in [-0.4, -0.2) is 74.6 Å². The van der Waals surface area contributed by atoms with Gasteiger partial charge in [0.2, 0.25) is 11.8 Å². The molecule has 1 rings (SSSR count). The predicted molar refractivity (Wildman–Crippen MR) is 99.2 cm³/mol. The SMILES string of the molecule is CN(C)C(C(=O)NCC(CO)NC(=O)CP(C)(C)=O)c1ccccc1. The number of carbonyl (C=O) groups excluding carboxylic acids is 2. The van der Waals surface area contributed by atoms with Gasteiger partial charge in [-0.25, -0.2) is 0 Å². The van der Waals surface area contributed by atoms with E-state index in [1.807, 2.05) is 44.4 Å². The molecule has 2 unspecified atom stereocenters. The molecule has 1 aromatic rings. The molecule has 1 aromatic carbocycles. The fraction of sp³-hybridized carbons (Fsp3) is 0.529. The summed E-state index contributed by atoms with van der Waals surface area (Å²) >= 11 is 0. The number of benzene rings is 1. The Hall–Kier alpha value is -1.69. The van der Waals surface area contributed by atoms with Crippen LogP contribution in [0.2, 0.25) is 0 Å². The van der Waals surface area contributed by atoms with Crippen molar-refractivity contribution >= 4 is 19.0 Å². The van der Waals surface area contributed by atoms with E-state index in [9.17, 15) is 19.3 Å². The van der Waals surface area contributed by atoms with Gasteiger partial charge in [0.1, 0.15) is 6.04 Å². The first-order valence-electron chi connectivity index (χ1n) is 8.07. The average Bonchev–Trinajstić information content (AvgIpc) is 2.50. The van der Waals surface area contributed by atoms with Crippen LogP contribution in [0.25, 0.3) is 0 Å². The molecule has 2 amide bonds. The Balaban J connectivity index is 2.65. The number of hydrogen-bond donors (Lipinski definition) is 3. The Kier molecular flexibility index (Phi) is 8.29. The lowest BCUT2D eigenvalue weighted by Gasteiger charge is -2.25. The number of nitrogens with one attached hydrogen (secondary N) is 2. The zero-order valence-electron chi connectivity index (χ0n) is 15.2. The van der Waals surface area contributed by atoms with Crippen LogP contribution < -0.4 is 10.6 Å². The first-order valence-corrected chi connectivity index (χ1v) is 10.9. The van der Waals surface area contributed by atoms with Crippen molar-refractivity contribution in [1.82, 2.24) is 15.5 Å². The van der Waals surface area contributed by atoms with Gasteiger partial charge in [-0.3, -0.25) is 14.5 Å². The smallest absolute Gasteiger partial charge is 0.242 e.